The van der Waals surface area contributed by atoms with Crippen LogP contribution >= 0.6 is 0 Å². The minimum Gasteiger partial charge on any atom is -0.394 e. The van der Waals surface area contributed by atoms with Crippen LogP contribution in [0.4, 0.5) is 11.4 Å². The van der Waals surface area contributed by atoms with Crippen molar-refractivity contribution in [3.05, 3.63) is 33.9 Å². The van der Waals surface area contributed by atoms with E-state index in [1.54, 1.807) is 13.0 Å². The Hall–Kier alpha value is -1.74. The van der Waals surface area contributed by atoms with Crippen LogP contribution < -0.4 is 5.32 Å². The molecule has 0 aromatic heterocycles. The monoisotopic (exact) mass is 284 g/mol. The summed E-state index contributed by atoms with van der Waals surface area (Å²) in [5.41, 5.74) is 1.06. The summed E-state index contributed by atoms with van der Waals surface area (Å²) in [6, 6.07) is 4.27. The molecule has 1 aliphatic rings. The predicted octanol–water partition coefficient (Wildman–Crippen LogP) is -0.246. The molecule has 0 saturated carbocycles. The average molecular weight is 284 g/mol. The van der Waals surface area contributed by atoms with E-state index >= 15 is 0 Å². The van der Waals surface area contributed by atoms with E-state index in [0.29, 0.717) is 5.69 Å². The van der Waals surface area contributed by atoms with Gasteiger partial charge >= 0.3 is 0 Å². The van der Waals surface area contributed by atoms with Crippen molar-refractivity contribution in [3.8, 4) is 0 Å². The highest BCUT2D eigenvalue weighted by molar-refractivity contribution is 5.57. The molecular weight excluding hydrogens is 268 g/mol. The summed E-state index contributed by atoms with van der Waals surface area (Å²) >= 11 is 0. The number of hydrogen-bond donors (Lipinski definition) is 4. The molecule has 1 aromatic rings. The molecule has 0 unspecified atom stereocenters. The molecule has 20 heavy (non-hydrogen) atoms. The van der Waals surface area contributed by atoms with Gasteiger partial charge in [-0.05, 0) is 12.5 Å². The van der Waals surface area contributed by atoms with Crippen LogP contribution in [0, 0.1) is 17.0 Å². The summed E-state index contributed by atoms with van der Waals surface area (Å²) in [6.07, 6.45) is -4.27. The maximum atomic E-state index is 10.7. The normalized spacial score (nSPS) is 29.4. The Morgan fingerprint density at radius 1 is 1.40 bits per heavy atom. The lowest BCUT2D eigenvalue weighted by Gasteiger charge is -2.19. The van der Waals surface area contributed by atoms with E-state index in [9.17, 15) is 20.3 Å². The minimum atomic E-state index is -1.23. The highest BCUT2D eigenvalue weighted by Gasteiger charge is 2.42. The van der Waals surface area contributed by atoms with Crippen molar-refractivity contribution >= 4 is 11.4 Å². The van der Waals surface area contributed by atoms with Crippen LogP contribution in [0.3, 0.4) is 0 Å². The number of nitro benzene ring substituents is 1. The van der Waals surface area contributed by atoms with Gasteiger partial charge in [-0.25, -0.2) is 0 Å². The lowest BCUT2D eigenvalue weighted by Crippen LogP contribution is -2.36. The second-order valence-corrected chi connectivity index (χ2v) is 4.66. The zero-order valence-electron chi connectivity index (χ0n) is 10.8. The van der Waals surface area contributed by atoms with Crippen molar-refractivity contribution in [2.45, 2.75) is 31.5 Å². The number of aliphatic hydroxyl groups excluding tert-OH is 3. The number of nitro groups is 1. The smallest absolute Gasteiger partial charge is 0.271 e. The molecule has 110 valence electrons. The SMILES string of the molecule is Cc1ccc([N+](=O)[O-])cc1N[C@@H]1O[C@@H](CO)[C@@H](O)[C@@H]1O. The fraction of sp³-hybridized carbons (Fsp3) is 0.500. The van der Waals surface area contributed by atoms with Crippen LogP contribution in [0.1, 0.15) is 5.56 Å². The lowest BCUT2D eigenvalue weighted by molar-refractivity contribution is -0.384. The number of hydrogen-bond acceptors (Lipinski definition) is 7. The van der Waals surface area contributed by atoms with E-state index < -0.39 is 36.1 Å². The molecule has 1 aromatic carbocycles. The van der Waals surface area contributed by atoms with Gasteiger partial charge in [0.1, 0.15) is 18.3 Å². The number of nitrogens with zero attached hydrogens (tertiary/aromatic N) is 1. The quantitative estimate of drug-likeness (QED) is 0.444. The summed E-state index contributed by atoms with van der Waals surface area (Å²) in [5, 5.41) is 42.0. The molecule has 1 saturated heterocycles. The fourth-order valence-electron chi connectivity index (χ4n) is 2.05. The molecule has 0 bridgehead atoms. The second-order valence-electron chi connectivity index (χ2n) is 4.66. The van der Waals surface area contributed by atoms with Crippen molar-refractivity contribution in [3.63, 3.8) is 0 Å². The van der Waals surface area contributed by atoms with E-state index in [1.165, 1.54) is 12.1 Å². The summed E-state index contributed by atoms with van der Waals surface area (Å²) in [7, 11) is 0. The van der Waals surface area contributed by atoms with Crippen LogP contribution in [0.25, 0.3) is 0 Å². The first-order valence-corrected chi connectivity index (χ1v) is 6.08. The largest absolute Gasteiger partial charge is 0.394 e. The van der Waals surface area contributed by atoms with Gasteiger partial charge < -0.3 is 25.4 Å². The molecular formula is C12H16N2O6. The third-order valence-corrected chi connectivity index (χ3v) is 3.27. The Morgan fingerprint density at radius 2 is 2.10 bits per heavy atom. The molecule has 0 spiro atoms. The first-order valence-electron chi connectivity index (χ1n) is 6.08. The first kappa shape index (κ1) is 14.7. The highest BCUT2D eigenvalue weighted by atomic mass is 16.6. The van der Waals surface area contributed by atoms with Gasteiger partial charge in [-0.1, -0.05) is 6.07 Å². The maximum Gasteiger partial charge on any atom is 0.271 e. The number of rotatable bonds is 4. The number of nitrogens with one attached hydrogen (secondary N) is 1. The Bertz CT molecular complexity index is 509. The predicted molar refractivity (Wildman–Crippen MR) is 69.2 cm³/mol. The van der Waals surface area contributed by atoms with Gasteiger partial charge in [0.25, 0.3) is 5.69 Å². The first-order chi connectivity index (χ1) is 9.43. The third-order valence-electron chi connectivity index (χ3n) is 3.27. The van der Waals surface area contributed by atoms with Gasteiger partial charge in [0.05, 0.1) is 11.5 Å². The van der Waals surface area contributed by atoms with Crippen molar-refractivity contribution in [2.75, 3.05) is 11.9 Å². The number of ether oxygens (including phenoxy) is 1. The average Bonchev–Trinajstić information content (AvgIpc) is 2.68. The van der Waals surface area contributed by atoms with Crippen LogP contribution in [0.5, 0.6) is 0 Å². The second kappa shape index (κ2) is 5.71. The number of aryl methyl sites for hydroxylation is 1. The maximum absolute atomic E-state index is 10.7. The highest BCUT2D eigenvalue weighted by Crippen LogP contribution is 2.27. The topological polar surface area (TPSA) is 125 Å². The van der Waals surface area contributed by atoms with Gasteiger partial charge in [0.2, 0.25) is 0 Å². The Labute approximate surface area is 114 Å². The molecule has 4 atom stereocenters. The van der Waals surface area contributed by atoms with Crippen LogP contribution in [0.15, 0.2) is 18.2 Å². The Morgan fingerprint density at radius 3 is 2.65 bits per heavy atom. The number of aliphatic hydroxyl groups is 3. The van der Waals surface area contributed by atoms with Crippen LogP contribution in [-0.2, 0) is 4.74 Å². The zero-order valence-corrected chi connectivity index (χ0v) is 10.8. The van der Waals surface area contributed by atoms with E-state index in [-0.39, 0.29) is 5.69 Å². The van der Waals surface area contributed by atoms with Gasteiger partial charge in [0, 0.05) is 17.8 Å². The zero-order chi connectivity index (χ0) is 14.9. The van der Waals surface area contributed by atoms with Gasteiger partial charge in [0.15, 0.2) is 6.23 Å². The van der Waals surface area contributed by atoms with E-state index in [2.05, 4.69) is 5.32 Å². The summed E-state index contributed by atoms with van der Waals surface area (Å²) in [5.74, 6) is 0. The van der Waals surface area contributed by atoms with Gasteiger partial charge in [-0.3, -0.25) is 10.1 Å². The molecule has 8 heteroatoms. The fourth-order valence-corrected chi connectivity index (χ4v) is 2.05. The van der Waals surface area contributed by atoms with Crippen LogP contribution in [0.2, 0.25) is 0 Å². The number of non-ortho nitro benzene ring substituents is 1. The van der Waals surface area contributed by atoms with E-state index in [4.69, 9.17) is 9.84 Å². The van der Waals surface area contributed by atoms with Crippen molar-refractivity contribution in [1.82, 2.24) is 0 Å². The van der Waals surface area contributed by atoms with Gasteiger partial charge in [-0.15, -0.1) is 0 Å². The van der Waals surface area contributed by atoms with E-state index in [0.717, 1.165) is 5.56 Å². The number of benzene rings is 1. The van der Waals surface area contributed by atoms with Crippen molar-refractivity contribution in [1.29, 1.82) is 0 Å². The van der Waals surface area contributed by atoms with Gasteiger partial charge in [-0.2, -0.15) is 0 Å². The van der Waals surface area contributed by atoms with E-state index in [1.807, 2.05) is 0 Å². The molecule has 0 amide bonds. The van der Waals surface area contributed by atoms with Crippen molar-refractivity contribution in [2.24, 2.45) is 0 Å². The Balaban J connectivity index is 2.18. The molecule has 1 fully saturated rings. The van der Waals surface area contributed by atoms with Crippen molar-refractivity contribution < 1.29 is 25.0 Å². The molecule has 0 aliphatic carbocycles. The third kappa shape index (κ3) is 2.73. The summed E-state index contributed by atoms with van der Waals surface area (Å²) < 4.78 is 5.26. The minimum absolute atomic E-state index is 0.0927. The lowest BCUT2D eigenvalue weighted by atomic mass is 10.1. The molecule has 8 nitrogen and oxygen atoms in total. The molecule has 4 N–H and O–H groups in total. The summed E-state index contributed by atoms with van der Waals surface area (Å²) in [4.78, 5) is 10.2. The molecule has 1 aliphatic heterocycles. The number of anilines is 1. The standard InChI is InChI=1S/C12H16N2O6/c1-6-2-3-7(14(18)19)4-8(6)13-12-11(17)10(16)9(5-15)20-12/h2-4,9-13,15-17H,5H2,1H3/t9-,10+,11-,12+/m0/s1. The molecule has 1 heterocycles. The molecule has 0 radical (unpaired) electrons. The summed E-state index contributed by atoms with van der Waals surface area (Å²) in [6.45, 7) is 1.32. The Kier molecular flexibility index (Phi) is 4.19. The van der Waals surface area contributed by atoms with Crippen LogP contribution in [-0.4, -0.2) is 51.4 Å². The molecule has 2 rings (SSSR count).